The van der Waals surface area contributed by atoms with E-state index < -0.39 is 9.84 Å². The summed E-state index contributed by atoms with van der Waals surface area (Å²) in [6.07, 6.45) is 7.66. The Morgan fingerprint density at radius 3 is 2.72 bits per heavy atom. The van der Waals surface area contributed by atoms with E-state index in [1.54, 1.807) is 4.68 Å². The molecule has 0 radical (unpaired) electrons. The highest BCUT2D eigenvalue weighted by Crippen LogP contribution is 2.18. The van der Waals surface area contributed by atoms with Crippen molar-refractivity contribution in [2.45, 2.75) is 32.2 Å². The zero-order valence-electron chi connectivity index (χ0n) is 11.4. The van der Waals surface area contributed by atoms with E-state index in [0.717, 1.165) is 24.9 Å². The zero-order chi connectivity index (χ0) is 13.6. The molecule has 104 valence electrons. The first-order chi connectivity index (χ1) is 8.42. The van der Waals surface area contributed by atoms with Gasteiger partial charge >= 0.3 is 0 Å². The molecular weight excluding hydrogens is 250 g/mol. The lowest BCUT2D eigenvalue weighted by molar-refractivity contribution is 0.492. The van der Waals surface area contributed by atoms with Crippen LogP contribution in [0.2, 0.25) is 0 Å². The molecule has 1 N–H and O–H groups in total. The lowest BCUT2D eigenvalue weighted by Crippen LogP contribution is -2.22. The standard InChI is InChI=1S/C12H23N3O2S/c1-4-7-13-12(6-5-8-18(3,16)17)11-9-14-15(2)10-11/h9-10,12-13H,4-8H2,1-3H3. The fourth-order valence-electron chi connectivity index (χ4n) is 1.87. The van der Waals surface area contributed by atoms with Gasteiger partial charge in [0.25, 0.3) is 0 Å². The minimum Gasteiger partial charge on any atom is -0.310 e. The molecule has 0 aliphatic carbocycles. The summed E-state index contributed by atoms with van der Waals surface area (Å²) in [5.74, 6) is 0.248. The molecule has 0 saturated heterocycles. The van der Waals surface area contributed by atoms with Crippen LogP contribution in [0.5, 0.6) is 0 Å². The summed E-state index contributed by atoms with van der Waals surface area (Å²) < 4.78 is 24.0. The second-order valence-electron chi connectivity index (χ2n) is 4.73. The van der Waals surface area contributed by atoms with Crippen molar-refractivity contribution in [2.75, 3.05) is 18.6 Å². The van der Waals surface area contributed by atoms with Crippen molar-refractivity contribution in [2.24, 2.45) is 7.05 Å². The molecule has 1 heterocycles. The highest BCUT2D eigenvalue weighted by Gasteiger charge is 2.13. The van der Waals surface area contributed by atoms with Crippen molar-refractivity contribution in [3.8, 4) is 0 Å². The van der Waals surface area contributed by atoms with E-state index in [1.165, 1.54) is 6.26 Å². The smallest absolute Gasteiger partial charge is 0.147 e. The first kappa shape index (κ1) is 15.2. The van der Waals surface area contributed by atoms with Gasteiger partial charge in [-0.1, -0.05) is 6.92 Å². The number of aryl methyl sites for hydroxylation is 1. The van der Waals surface area contributed by atoms with Gasteiger partial charge in [-0.3, -0.25) is 4.68 Å². The van der Waals surface area contributed by atoms with Crippen molar-refractivity contribution >= 4 is 9.84 Å². The van der Waals surface area contributed by atoms with Gasteiger partial charge in [-0.25, -0.2) is 8.42 Å². The third-order valence-corrected chi connectivity index (χ3v) is 3.81. The quantitative estimate of drug-likeness (QED) is 0.775. The number of hydrogen-bond donors (Lipinski definition) is 1. The van der Waals surface area contributed by atoms with Gasteiger partial charge in [-0.2, -0.15) is 5.10 Å². The average Bonchev–Trinajstić information content (AvgIpc) is 2.68. The van der Waals surface area contributed by atoms with Crippen molar-refractivity contribution in [3.63, 3.8) is 0 Å². The molecule has 0 aromatic carbocycles. The summed E-state index contributed by atoms with van der Waals surface area (Å²) in [6.45, 7) is 3.04. The van der Waals surface area contributed by atoms with Crippen LogP contribution in [-0.2, 0) is 16.9 Å². The maximum Gasteiger partial charge on any atom is 0.147 e. The van der Waals surface area contributed by atoms with Gasteiger partial charge in [0.1, 0.15) is 9.84 Å². The van der Waals surface area contributed by atoms with Crippen molar-refractivity contribution in [3.05, 3.63) is 18.0 Å². The molecule has 5 nitrogen and oxygen atoms in total. The molecule has 0 bridgehead atoms. The summed E-state index contributed by atoms with van der Waals surface area (Å²) in [5, 5.41) is 7.60. The van der Waals surface area contributed by atoms with E-state index in [0.29, 0.717) is 6.42 Å². The average molecular weight is 273 g/mol. The van der Waals surface area contributed by atoms with Crippen molar-refractivity contribution < 1.29 is 8.42 Å². The molecule has 1 aromatic rings. The second-order valence-corrected chi connectivity index (χ2v) is 6.99. The Kier molecular flexibility index (Phi) is 5.81. The summed E-state index contributed by atoms with van der Waals surface area (Å²) in [4.78, 5) is 0. The van der Waals surface area contributed by atoms with Gasteiger partial charge in [0.2, 0.25) is 0 Å². The fraction of sp³-hybridized carbons (Fsp3) is 0.750. The first-order valence-corrected chi connectivity index (χ1v) is 8.38. The van der Waals surface area contributed by atoms with Gasteiger partial charge in [-0.15, -0.1) is 0 Å². The van der Waals surface area contributed by atoms with E-state index >= 15 is 0 Å². The number of rotatable bonds is 8. The molecule has 0 spiro atoms. The molecule has 0 aliphatic rings. The number of nitrogens with one attached hydrogen (secondary N) is 1. The van der Waals surface area contributed by atoms with Gasteiger partial charge in [0.15, 0.2) is 0 Å². The van der Waals surface area contributed by atoms with Crippen LogP contribution in [0.25, 0.3) is 0 Å². The highest BCUT2D eigenvalue weighted by molar-refractivity contribution is 7.90. The minimum absolute atomic E-state index is 0.195. The predicted molar refractivity (Wildman–Crippen MR) is 73.2 cm³/mol. The third-order valence-electron chi connectivity index (χ3n) is 2.78. The number of aromatic nitrogens is 2. The van der Waals surface area contributed by atoms with Crippen LogP contribution in [0.15, 0.2) is 12.4 Å². The Balaban J connectivity index is 2.56. The van der Waals surface area contributed by atoms with Crippen LogP contribution < -0.4 is 5.32 Å². The van der Waals surface area contributed by atoms with E-state index in [-0.39, 0.29) is 11.8 Å². The van der Waals surface area contributed by atoms with Crippen LogP contribution in [0.3, 0.4) is 0 Å². The van der Waals surface area contributed by atoms with E-state index in [2.05, 4.69) is 17.3 Å². The summed E-state index contributed by atoms with van der Waals surface area (Å²) in [5.41, 5.74) is 1.12. The van der Waals surface area contributed by atoms with Crippen LogP contribution in [0.4, 0.5) is 0 Å². The van der Waals surface area contributed by atoms with E-state index in [4.69, 9.17) is 0 Å². The predicted octanol–water partition coefficient (Wildman–Crippen LogP) is 1.29. The number of hydrogen-bond acceptors (Lipinski definition) is 4. The zero-order valence-corrected chi connectivity index (χ0v) is 12.2. The topological polar surface area (TPSA) is 64.0 Å². The fourth-order valence-corrected chi connectivity index (χ4v) is 2.57. The van der Waals surface area contributed by atoms with Gasteiger partial charge in [0.05, 0.1) is 6.20 Å². The Bertz CT molecular complexity index is 454. The maximum absolute atomic E-state index is 11.1. The molecule has 0 amide bonds. The molecule has 1 rings (SSSR count). The molecular formula is C12H23N3O2S. The van der Waals surface area contributed by atoms with Crippen LogP contribution >= 0.6 is 0 Å². The van der Waals surface area contributed by atoms with Crippen LogP contribution in [0, 0.1) is 0 Å². The molecule has 0 aliphatic heterocycles. The molecule has 18 heavy (non-hydrogen) atoms. The van der Waals surface area contributed by atoms with E-state index in [9.17, 15) is 8.42 Å². The van der Waals surface area contributed by atoms with Crippen molar-refractivity contribution in [1.82, 2.24) is 15.1 Å². The monoisotopic (exact) mass is 273 g/mol. The van der Waals surface area contributed by atoms with Gasteiger partial charge in [-0.05, 0) is 25.8 Å². The normalized spacial score (nSPS) is 13.7. The summed E-state index contributed by atoms with van der Waals surface area (Å²) in [7, 11) is -0.980. The third kappa shape index (κ3) is 5.64. The number of nitrogens with zero attached hydrogens (tertiary/aromatic N) is 2. The molecule has 6 heteroatoms. The molecule has 0 fully saturated rings. The molecule has 1 aromatic heterocycles. The van der Waals surface area contributed by atoms with Crippen LogP contribution in [0.1, 0.15) is 37.8 Å². The Morgan fingerprint density at radius 1 is 1.50 bits per heavy atom. The lowest BCUT2D eigenvalue weighted by atomic mass is 10.1. The van der Waals surface area contributed by atoms with Crippen molar-refractivity contribution in [1.29, 1.82) is 0 Å². The summed E-state index contributed by atoms with van der Waals surface area (Å²) >= 11 is 0. The largest absolute Gasteiger partial charge is 0.310 e. The highest BCUT2D eigenvalue weighted by atomic mass is 32.2. The Morgan fingerprint density at radius 2 is 2.22 bits per heavy atom. The summed E-state index contributed by atoms with van der Waals surface area (Å²) in [6, 6.07) is 0.195. The molecule has 1 atom stereocenters. The lowest BCUT2D eigenvalue weighted by Gasteiger charge is -2.16. The minimum atomic E-state index is -2.87. The number of sulfone groups is 1. The SMILES string of the molecule is CCCNC(CCCS(C)(=O)=O)c1cnn(C)c1. The Hall–Kier alpha value is -0.880. The van der Waals surface area contributed by atoms with Gasteiger partial charge < -0.3 is 5.32 Å². The van der Waals surface area contributed by atoms with Crippen LogP contribution in [-0.4, -0.2) is 36.8 Å². The maximum atomic E-state index is 11.1. The molecule has 1 unspecified atom stereocenters. The molecule has 0 saturated carbocycles. The Labute approximate surface area is 109 Å². The second kappa shape index (κ2) is 6.89. The van der Waals surface area contributed by atoms with Gasteiger partial charge in [0, 0.05) is 36.9 Å². The van der Waals surface area contributed by atoms with E-state index in [1.807, 2.05) is 19.4 Å². The first-order valence-electron chi connectivity index (χ1n) is 6.32.